The van der Waals surface area contributed by atoms with E-state index in [1.807, 2.05) is 30.5 Å². The molecule has 0 atom stereocenters. The number of benzene rings is 2. The minimum absolute atomic E-state index is 0.655. The molecule has 4 rings (SSSR count). The molecular formula is C23H26ClN3. The summed E-state index contributed by atoms with van der Waals surface area (Å²) in [7, 11) is 0. The van der Waals surface area contributed by atoms with Crippen molar-refractivity contribution < 1.29 is 0 Å². The molecule has 0 aliphatic carbocycles. The number of nitrogens with zero attached hydrogens (tertiary/aromatic N) is 2. The lowest BCUT2D eigenvalue weighted by Crippen LogP contribution is -2.37. The third-order valence-electron chi connectivity index (χ3n) is 5.63. The molecule has 0 saturated carbocycles. The number of hydrogen-bond acceptors (Lipinski definition) is 3. The van der Waals surface area contributed by atoms with Crippen LogP contribution in [0.5, 0.6) is 0 Å². The van der Waals surface area contributed by atoms with E-state index in [9.17, 15) is 0 Å². The summed E-state index contributed by atoms with van der Waals surface area (Å²) >= 11 is 6.09. The van der Waals surface area contributed by atoms with Crippen LogP contribution in [0.3, 0.4) is 0 Å². The van der Waals surface area contributed by atoms with Crippen molar-refractivity contribution in [2.24, 2.45) is 0 Å². The van der Waals surface area contributed by atoms with Gasteiger partial charge in [-0.15, -0.1) is 0 Å². The Hall–Kier alpha value is -2.10. The van der Waals surface area contributed by atoms with Crippen LogP contribution in [-0.2, 0) is 0 Å². The lowest BCUT2D eigenvalue weighted by molar-refractivity contribution is 0.172. The highest BCUT2D eigenvalue weighted by Gasteiger charge is 2.21. The van der Waals surface area contributed by atoms with E-state index >= 15 is 0 Å². The highest BCUT2D eigenvalue weighted by Crippen LogP contribution is 2.31. The molecule has 3 nitrogen and oxygen atoms in total. The van der Waals surface area contributed by atoms with Gasteiger partial charge in [0.2, 0.25) is 0 Å². The summed E-state index contributed by atoms with van der Waals surface area (Å²) in [4.78, 5) is 6.99. The van der Waals surface area contributed by atoms with Gasteiger partial charge in [0.25, 0.3) is 0 Å². The van der Waals surface area contributed by atoms with Gasteiger partial charge in [0.15, 0.2) is 0 Å². The van der Waals surface area contributed by atoms with Crippen molar-refractivity contribution >= 4 is 33.9 Å². The molecule has 4 heteroatoms. The fraction of sp³-hybridized carbons (Fsp3) is 0.348. The molecule has 0 spiro atoms. The van der Waals surface area contributed by atoms with Gasteiger partial charge in [0.1, 0.15) is 0 Å². The molecule has 1 N–H and O–H groups in total. The van der Waals surface area contributed by atoms with Crippen molar-refractivity contribution in [3.05, 3.63) is 65.3 Å². The first-order valence-electron chi connectivity index (χ1n) is 9.75. The Labute approximate surface area is 166 Å². The number of anilines is 2. The number of hydrogen-bond donors (Lipinski definition) is 1. The lowest BCUT2D eigenvalue weighted by Gasteiger charge is -2.34. The first-order valence-corrected chi connectivity index (χ1v) is 10.1. The normalized spacial score (nSPS) is 16.1. The quantitative estimate of drug-likeness (QED) is 0.583. The molecule has 0 radical (unpaired) electrons. The summed E-state index contributed by atoms with van der Waals surface area (Å²) in [6, 6.07) is 17.4. The molecule has 0 unspecified atom stereocenters. The van der Waals surface area contributed by atoms with E-state index in [1.165, 1.54) is 31.5 Å². The fourth-order valence-electron chi connectivity index (χ4n) is 3.97. The van der Waals surface area contributed by atoms with Crippen molar-refractivity contribution in [3.8, 4) is 0 Å². The Morgan fingerprint density at radius 2 is 1.78 bits per heavy atom. The minimum atomic E-state index is 0.655. The lowest BCUT2D eigenvalue weighted by atomic mass is 9.89. The van der Waals surface area contributed by atoms with Gasteiger partial charge < -0.3 is 10.2 Å². The SMILES string of the molecule is CC(C)N1CCC(c2ccc(Nc3ccnc4cc(Cl)ccc34)cc2)CC1. The highest BCUT2D eigenvalue weighted by atomic mass is 35.5. The van der Waals surface area contributed by atoms with Crippen LogP contribution in [0.2, 0.25) is 5.02 Å². The molecular weight excluding hydrogens is 354 g/mol. The molecule has 140 valence electrons. The number of fused-ring (bicyclic) bond motifs is 1. The number of aromatic nitrogens is 1. The predicted octanol–water partition coefficient (Wildman–Crippen LogP) is 6.22. The predicted molar refractivity (Wildman–Crippen MR) is 115 cm³/mol. The van der Waals surface area contributed by atoms with E-state index in [-0.39, 0.29) is 0 Å². The van der Waals surface area contributed by atoms with E-state index in [1.54, 1.807) is 0 Å². The second-order valence-electron chi connectivity index (χ2n) is 7.67. The number of pyridine rings is 1. The van der Waals surface area contributed by atoms with Gasteiger partial charge in [-0.3, -0.25) is 4.98 Å². The van der Waals surface area contributed by atoms with Gasteiger partial charge in [0, 0.05) is 34.0 Å². The van der Waals surface area contributed by atoms with Crippen molar-refractivity contribution in [3.63, 3.8) is 0 Å². The van der Waals surface area contributed by atoms with Crippen LogP contribution in [0, 0.1) is 0 Å². The van der Waals surface area contributed by atoms with E-state index in [0.717, 1.165) is 22.3 Å². The Bertz CT molecular complexity index is 913. The second kappa shape index (κ2) is 7.87. The number of nitrogens with one attached hydrogen (secondary N) is 1. The van der Waals surface area contributed by atoms with Crippen LogP contribution < -0.4 is 5.32 Å². The summed E-state index contributed by atoms with van der Waals surface area (Å²) in [5, 5.41) is 5.31. The van der Waals surface area contributed by atoms with Crippen molar-refractivity contribution in [1.29, 1.82) is 0 Å². The van der Waals surface area contributed by atoms with Crippen molar-refractivity contribution in [1.82, 2.24) is 9.88 Å². The molecule has 2 aromatic carbocycles. The molecule has 1 aliphatic rings. The van der Waals surface area contributed by atoms with Gasteiger partial charge in [-0.05, 0) is 87.7 Å². The zero-order valence-electron chi connectivity index (χ0n) is 16.0. The van der Waals surface area contributed by atoms with E-state index in [4.69, 9.17) is 11.6 Å². The maximum absolute atomic E-state index is 6.09. The monoisotopic (exact) mass is 379 g/mol. The standard InChI is InChI=1S/C23H26ClN3/c1-16(2)27-13-10-18(11-14-27)17-3-6-20(7-4-17)26-22-9-12-25-23-15-19(24)5-8-21(22)23/h3-9,12,15-16,18H,10-11,13-14H2,1-2H3,(H,25,26). The highest BCUT2D eigenvalue weighted by molar-refractivity contribution is 6.31. The first-order chi connectivity index (χ1) is 13.1. The van der Waals surface area contributed by atoms with Gasteiger partial charge in [0.05, 0.1) is 5.52 Å². The molecule has 1 aliphatic heterocycles. The van der Waals surface area contributed by atoms with Crippen molar-refractivity contribution in [2.45, 2.75) is 38.6 Å². The average Bonchev–Trinajstić information content (AvgIpc) is 2.68. The summed E-state index contributed by atoms with van der Waals surface area (Å²) in [6.45, 7) is 6.98. The average molecular weight is 380 g/mol. The van der Waals surface area contributed by atoms with Crippen LogP contribution in [0.4, 0.5) is 11.4 Å². The zero-order chi connectivity index (χ0) is 18.8. The first kappa shape index (κ1) is 18.3. The molecule has 1 fully saturated rings. The number of halogens is 1. The molecule has 1 saturated heterocycles. The van der Waals surface area contributed by atoms with E-state index in [2.05, 4.69) is 53.3 Å². The molecule has 2 heterocycles. The van der Waals surface area contributed by atoms with Gasteiger partial charge in [-0.25, -0.2) is 0 Å². The van der Waals surface area contributed by atoms with Crippen molar-refractivity contribution in [2.75, 3.05) is 18.4 Å². The summed E-state index contributed by atoms with van der Waals surface area (Å²) in [6.07, 6.45) is 4.32. The zero-order valence-corrected chi connectivity index (χ0v) is 16.7. The molecule has 27 heavy (non-hydrogen) atoms. The number of rotatable bonds is 4. The van der Waals surface area contributed by atoms with E-state index < -0.39 is 0 Å². The molecule has 0 bridgehead atoms. The fourth-order valence-corrected chi connectivity index (χ4v) is 4.14. The second-order valence-corrected chi connectivity index (χ2v) is 8.11. The van der Waals surface area contributed by atoms with Gasteiger partial charge in [-0.2, -0.15) is 0 Å². The molecule has 1 aromatic heterocycles. The van der Waals surface area contributed by atoms with E-state index in [0.29, 0.717) is 17.0 Å². The Morgan fingerprint density at radius 1 is 1.04 bits per heavy atom. The molecule has 0 amide bonds. The van der Waals surface area contributed by atoms with Crippen LogP contribution in [0.15, 0.2) is 54.7 Å². The Morgan fingerprint density at radius 3 is 2.48 bits per heavy atom. The largest absolute Gasteiger partial charge is 0.355 e. The van der Waals surface area contributed by atoms with Gasteiger partial charge >= 0.3 is 0 Å². The van der Waals surface area contributed by atoms with Crippen LogP contribution in [-0.4, -0.2) is 29.0 Å². The summed E-state index contributed by atoms with van der Waals surface area (Å²) in [5.74, 6) is 0.679. The van der Waals surface area contributed by atoms with Crippen LogP contribution in [0.25, 0.3) is 10.9 Å². The topological polar surface area (TPSA) is 28.2 Å². The maximum atomic E-state index is 6.09. The Kier molecular flexibility index (Phi) is 5.33. The summed E-state index contributed by atoms with van der Waals surface area (Å²) < 4.78 is 0. The summed E-state index contributed by atoms with van der Waals surface area (Å²) in [5.41, 5.74) is 4.51. The number of likely N-dealkylation sites (tertiary alicyclic amines) is 1. The van der Waals surface area contributed by atoms with Gasteiger partial charge in [-0.1, -0.05) is 23.7 Å². The smallest absolute Gasteiger partial charge is 0.0737 e. The Balaban J connectivity index is 1.47. The number of piperidine rings is 1. The maximum Gasteiger partial charge on any atom is 0.0737 e. The third kappa shape index (κ3) is 4.10. The minimum Gasteiger partial charge on any atom is -0.355 e. The van der Waals surface area contributed by atoms with Crippen LogP contribution in [0.1, 0.15) is 38.2 Å². The van der Waals surface area contributed by atoms with Crippen LogP contribution >= 0.6 is 11.6 Å². The molecule has 3 aromatic rings. The third-order valence-corrected chi connectivity index (χ3v) is 5.86.